The Labute approximate surface area is 78.6 Å². The Morgan fingerprint density at radius 2 is 1.92 bits per heavy atom. The van der Waals surface area contributed by atoms with Crippen LogP contribution >= 0.6 is 0 Å². The predicted octanol–water partition coefficient (Wildman–Crippen LogP) is 0.255. The van der Waals surface area contributed by atoms with E-state index in [1.54, 1.807) is 0 Å². The zero-order valence-electron chi connectivity index (χ0n) is 8.32. The summed E-state index contributed by atoms with van der Waals surface area (Å²) in [7, 11) is 5.71. The van der Waals surface area contributed by atoms with Gasteiger partial charge >= 0.3 is 0 Å². The maximum Gasteiger partial charge on any atom is 0.177 e. The van der Waals surface area contributed by atoms with Crippen molar-refractivity contribution in [3.05, 3.63) is 30.1 Å². The van der Waals surface area contributed by atoms with Crippen LogP contribution in [0.4, 0.5) is 0 Å². The fraction of sp³-hybridized carbons (Fsp3) is 0.400. The largest absolute Gasteiger partial charge is 0.302 e. The number of rotatable bonds is 3. The number of pyridine rings is 1. The van der Waals surface area contributed by atoms with Crippen LogP contribution in [0.5, 0.6) is 0 Å². The van der Waals surface area contributed by atoms with Crippen molar-refractivity contribution in [3.63, 3.8) is 0 Å². The molecule has 0 unspecified atom stereocenters. The van der Waals surface area contributed by atoms with Gasteiger partial charge in [0.25, 0.3) is 0 Å². The van der Waals surface area contributed by atoms with Crippen molar-refractivity contribution < 1.29 is 9.36 Å². The second-order valence-corrected chi connectivity index (χ2v) is 3.41. The van der Waals surface area contributed by atoms with E-state index in [-0.39, 0.29) is 5.78 Å². The number of carbonyl (C=O) groups is 1. The molecule has 0 aliphatic carbocycles. The summed E-state index contributed by atoms with van der Waals surface area (Å²) in [6, 6.07) is 3.68. The van der Waals surface area contributed by atoms with Gasteiger partial charge in [0.05, 0.1) is 6.54 Å². The highest BCUT2D eigenvalue weighted by Gasteiger charge is 2.07. The molecule has 1 aromatic rings. The molecule has 1 rings (SSSR count). The first-order valence-corrected chi connectivity index (χ1v) is 4.23. The third-order valence-electron chi connectivity index (χ3n) is 1.76. The number of aryl methyl sites for hydroxylation is 1. The molecule has 0 radical (unpaired) electrons. The molecule has 13 heavy (non-hydrogen) atoms. The number of Topliss-reactive ketones (excluding diaryl/α,β-unsaturated/α-hetero) is 1. The molecule has 1 aromatic heterocycles. The molecule has 70 valence electrons. The van der Waals surface area contributed by atoms with Crippen LogP contribution in [0.1, 0.15) is 10.4 Å². The van der Waals surface area contributed by atoms with E-state index in [0.717, 1.165) is 5.56 Å². The summed E-state index contributed by atoms with van der Waals surface area (Å²) in [4.78, 5) is 13.4. The standard InChI is InChI=1S/C10H15N2O/c1-11(2)8-10(13)9-4-6-12(3)7-5-9/h4-7H,8H2,1-3H3/q+1. The highest BCUT2D eigenvalue weighted by atomic mass is 16.1. The van der Waals surface area contributed by atoms with Gasteiger partial charge in [0.2, 0.25) is 0 Å². The quantitative estimate of drug-likeness (QED) is 0.491. The Morgan fingerprint density at radius 1 is 1.38 bits per heavy atom. The van der Waals surface area contributed by atoms with Crippen molar-refractivity contribution in [1.82, 2.24) is 4.90 Å². The minimum Gasteiger partial charge on any atom is -0.302 e. The highest BCUT2D eigenvalue weighted by Crippen LogP contribution is 1.97. The van der Waals surface area contributed by atoms with Gasteiger partial charge in [-0.05, 0) is 14.1 Å². The van der Waals surface area contributed by atoms with Crippen molar-refractivity contribution in [2.45, 2.75) is 0 Å². The number of aromatic nitrogens is 1. The van der Waals surface area contributed by atoms with Gasteiger partial charge in [-0.2, -0.15) is 0 Å². The van der Waals surface area contributed by atoms with E-state index in [4.69, 9.17) is 0 Å². The summed E-state index contributed by atoms with van der Waals surface area (Å²) in [5.41, 5.74) is 0.770. The van der Waals surface area contributed by atoms with Crippen LogP contribution in [0.2, 0.25) is 0 Å². The van der Waals surface area contributed by atoms with E-state index in [1.807, 2.05) is 55.1 Å². The molecule has 3 nitrogen and oxygen atoms in total. The van der Waals surface area contributed by atoms with Gasteiger partial charge in [0.15, 0.2) is 18.2 Å². The van der Waals surface area contributed by atoms with Crippen molar-refractivity contribution in [2.75, 3.05) is 20.6 Å². The normalized spacial score (nSPS) is 10.5. The third-order valence-corrected chi connectivity index (χ3v) is 1.76. The minimum atomic E-state index is 0.158. The molecule has 0 aliphatic rings. The van der Waals surface area contributed by atoms with Crippen LogP contribution in [0.25, 0.3) is 0 Å². The van der Waals surface area contributed by atoms with Gasteiger partial charge in [-0.3, -0.25) is 4.79 Å². The number of carbonyl (C=O) groups excluding carboxylic acids is 1. The predicted molar refractivity (Wildman–Crippen MR) is 50.5 cm³/mol. The summed E-state index contributed by atoms with van der Waals surface area (Å²) in [6.07, 6.45) is 3.76. The minimum absolute atomic E-state index is 0.158. The molecule has 0 fully saturated rings. The average Bonchev–Trinajstić information content (AvgIpc) is 2.04. The fourth-order valence-corrected chi connectivity index (χ4v) is 1.07. The number of nitrogens with zero attached hydrogens (tertiary/aromatic N) is 2. The van der Waals surface area contributed by atoms with E-state index in [9.17, 15) is 4.79 Å². The molecule has 0 saturated carbocycles. The highest BCUT2D eigenvalue weighted by molar-refractivity contribution is 5.97. The molecule has 0 bridgehead atoms. The van der Waals surface area contributed by atoms with Gasteiger partial charge in [0.1, 0.15) is 7.05 Å². The Morgan fingerprint density at radius 3 is 2.38 bits per heavy atom. The van der Waals surface area contributed by atoms with Crippen molar-refractivity contribution in [1.29, 1.82) is 0 Å². The summed E-state index contributed by atoms with van der Waals surface area (Å²) in [5.74, 6) is 0.158. The number of hydrogen-bond acceptors (Lipinski definition) is 2. The lowest BCUT2D eigenvalue weighted by atomic mass is 10.2. The Hall–Kier alpha value is -1.22. The third kappa shape index (κ3) is 2.95. The summed E-state index contributed by atoms with van der Waals surface area (Å²) >= 11 is 0. The van der Waals surface area contributed by atoms with E-state index < -0.39 is 0 Å². The number of likely N-dealkylation sites (N-methyl/N-ethyl adjacent to an activating group) is 1. The zero-order chi connectivity index (χ0) is 9.84. The SMILES string of the molecule is CN(C)CC(=O)c1cc[n+](C)cc1. The van der Waals surface area contributed by atoms with E-state index in [1.165, 1.54) is 0 Å². The fourth-order valence-electron chi connectivity index (χ4n) is 1.07. The van der Waals surface area contributed by atoms with Crippen LogP contribution in [-0.2, 0) is 7.05 Å². The topological polar surface area (TPSA) is 24.2 Å². The average molecular weight is 179 g/mol. The number of ketones is 1. The van der Waals surface area contributed by atoms with Crippen LogP contribution in [-0.4, -0.2) is 31.3 Å². The Bertz CT molecular complexity index is 290. The monoisotopic (exact) mass is 179 g/mol. The summed E-state index contributed by atoms with van der Waals surface area (Å²) < 4.78 is 1.91. The lowest BCUT2D eigenvalue weighted by molar-refractivity contribution is -0.671. The first-order valence-electron chi connectivity index (χ1n) is 4.23. The van der Waals surface area contributed by atoms with Crippen LogP contribution in [0.15, 0.2) is 24.5 Å². The number of hydrogen-bond donors (Lipinski definition) is 0. The molecule has 0 amide bonds. The van der Waals surface area contributed by atoms with Gasteiger partial charge in [-0.15, -0.1) is 0 Å². The first-order chi connectivity index (χ1) is 6.09. The maximum absolute atomic E-state index is 11.5. The molecule has 0 aromatic carbocycles. The van der Waals surface area contributed by atoms with Crippen molar-refractivity contribution >= 4 is 5.78 Å². The first kappa shape index (κ1) is 9.86. The van der Waals surface area contributed by atoms with Crippen LogP contribution in [0.3, 0.4) is 0 Å². The molecular weight excluding hydrogens is 164 g/mol. The molecule has 0 atom stereocenters. The molecule has 0 spiro atoms. The Balaban J connectivity index is 2.72. The second kappa shape index (κ2) is 4.14. The van der Waals surface area contributed by atoms with E-state index in [0.29, 0.717) is 6.54 Å². The molecule has 1 heterocycles. The Kier molecular flexibility index (Phi) is 3.14. The zero-order valence-corrected chi connectivity index (χ0v) is 8.32. The molecule has 0 saturated heterocycles. The van der Waals surface area contributed by atoms with Crippen molar-refractivity contribution in [2.24, 2.45) is 7.05 Å². The lowest BCUT2D eigenvalue weighted by Gasteiger charge is -2.07. The molecule has 0 N–H and O–H groups in total. The maximum atomic E-state index is 11.5. The van der Waals surface area contributed by atoms with Crippen LogP contribution < -0.4 is 4.57 Å². The second-order valence-electron chi connectivity index (χ2n) is 3.41. The summed E-state index contributed by atoms with van der Waals surface area (Å²) in [6.45, 7) is 0.466. The van der Waals surface area contributed by atoms with Gasteiger partial charge in [0, 0.05) is 17.7 Å². The van der Waals surface area contributed by atoms with E-state index >= 15 is 0 Å². The summed E-state index contributed by atoms with van der Waals surface area (Å²) in [5, 5.41) is 0. The van der Waals surface area contributed by atoms with Crippen LogP contribution in [0, 0.1) is 0 Å². The van der Waals surface area contributed by atoms with Gasteiger partial charge in [-0.1, -0.05) is 0 Å². The van der Waals surface area contributed by atoms with Crippen molar-refractivity contribution in [3.8, 4) is 0 Å². The molecule has 3 heteroatoms. The lowest BCUT2D eigenvalue weighted by Crippen LogP contribution is -2.27. The van der Waals surface area contributed by atoms with E-state index in [2.05, 4.69) is 0 Å². The molecular formula is C10H15N2O+. The van der Waals surface area contributed by atoms with Gasteiger partial charge in [-0.25, -0.2) is 4.57 Å². The van der Waals surface area contributed by atoms with Gasteiger partial charge < -0.3 is 4.90 Å². The molecule has 0 aliphatic heterocycles. The smallest absolute Gasteiger partial charge is 0.177 e.